The number of benzene rings is 1. The average Bonchev–Trinajstić information content (AvgIpc) is 2.33. The van der Waals surface area contributed by atoms with Crippen molar-refractivity contribution in [3.05, 3.63) is 42.1 Å². The summed E-state index contributed by atoms with van der Waals surface area (Å²) in [4.78, 5) is 4.43. The number of rotatable bonds is 2. The zero-order valence-corrected chi connectivity index (χ0v) is 9.40. The van der Waals surface area contributed by atoms with Gasteiger partial charge in [0.25, 0.3) is 0 Å². The number of pyridine rings is 1. The van der Waals surface area contributed by atoms with Crippen LogP contribution in [0.5, 0.6) is 5.75 Å². The number of ether oxygens (including phenoxy) is 1. The van der Waals surface area contributed by atoms with Crippen molar-refractivity contribution in [3.63, 3.8) is 0 Å². The predicted octanol–water partition coefficient (Wildman–Crippen LogP) is 2.65. The van der Waals surface area contributed by atoms with Gasteiger partial charge in [0, 0.05) is 5.56 Å². The highest BCUT2D eigenvalue weighted by Crippen LogP contribution is 2.22. The predicted molar refractivity (Wildman–Crippen MR) is 65.4 cm³/mol. The second-order valence-electron chi connectivity index (χ2n) is 3.60. The lowest BCUT2D eigenvalue weighted by Gasteiger charge is -2.05. The fraction of sp³-hybridized carbons (Fsp3) is 0.154. The number of hydrogen-bond acceptors (Lipinski definition) is 3. The normalized spacial score (nSPS) is 10.1. The lowest BCUT2D eigenvalue weighted by molar-refractivity contribution is 0.415. The summed E-state index contributed by atoms with van der Waals surface area (Å²) in [6.45, 7) is 1.91. The van der Waals surface area contributed by atoms with Gasteiger partial charge in [-0.05, 0) is 43.3 Å². The maximum Gasteiger partial charge on any atom is 0.118 e. The number of nitrogens with two attached hydrogens (primary N) is 1. The van der Waals surface area contributed by atoms with Gasteiger partial charge in [-0.2, -0.15) is 0 Å². The molecule has 0 fully saturated rings. The first-order chi connectivity index (χ1) is 7.70. The van der Waals surface area contributed by atoms with E-state index in [2.05, 4.69) is 4.98 Å². The highest BCUT2D eigenvalue weighted by molar-refractivity contribution is 5.62. The first kappa shape index (κ1) is 10.5. The minimum absolute atomic E-state index is 0.720. The van der Waals surface area contributed by atoms with Crippen molar-refractivity contribution < 1.29 is 4.74 Å². The molecule has 2 aromatic rings. The number of nitrogens with zero attached hydrogens (tertiary/aromatic N) is 1. The van der Waals surface area contributed by atoms with Crippen molar-refractivity contribution in [2.24, 2.45) is 0 Å². The molecule has 3 heteroatoms. The molecule has 0 unspecified atom stereocenters. The number of hydrogen-bond donors (Lipinski definition) is 1. The average molecular weight is 214 g/mol. The monoisotopic (exact) mass is 214 g/mol. The van der Waals surface area contributed by atoms with E-state index in [0.29, 0.717) is 0 Å². The van der Waals surface area contributed by atoms with Crippen LogP contribution in [0.2, 0.25) is 0 Å². The summed E-state index contributed by atoms with van der Waals surface area (Å²) in [6, 6.07) is 11.6. The quantitative estimate of drug-likeness (QED) is 0.836. The molecule has 3 nitrogen and oxygen atoms in total. The number of aromatic nitrogens is 1. The third kappa shape index (κ3) is 1.98. The Kier molecular flexibility index (Phi) is 2.77. The summed E-state index contributed by atoms with van der Waals surface area (Å²) in [6.07, 6.45) is 0. The fourth-order valence-corrected chi connectivity index (χ4v) is 1.49. The van der Waals surface area contributed by atoms with Gasteiger partial charge < -0.3 is 10.5 Å². The van der Waals surface area contributed by atoms with Crippen molar-refractivity contribution >= 4 is 5.69 Å². The van der Waals surface area contributed by atoms with Crippen LogP contribution in [0.25, 0.3) is 11.3 Å². The Morgan fingerprint density at radius 1 is 1.06 bits per heavy atom. The standard InChI is InChI=1S/C13H14N2O/c1-9-12(14)7-8-13(15-9)10-3-5-11(16-2)6-4-10/h3-8H,14H2,1-2H3. The zero-order chi connectivity index (χ0) is 11.5. The minimum atomic E-state index is 0.720. The molecular formula is C13H14N2O. The maximum atomic E-state index is 5.73. The Morgan fingerprint density at radius 2 is 1.75 bits per heavy atom. The maximum absolute atomic E-state index is 5.73. The van der Waals surface area contributed by atoms with Crippen LogP contribution in [0.3, 0.4) is 0 Å². The topological polar surface area (TPSA) is 48.1 Å². The lowest BCUT2D eigenvalue weighted by atomic mass is 10.1. The molecule has 16 heavy (non-hydrogen) atoms. The molecule has 0 atom stereocenters. The summed E-state index contributed by atoms with van der Waals surface area (Å²) in [7, 11) is 1.65. The molecule has 82 valence electrons. The molecule has 0 aliphatic carbocycles. The summed E-state index contributed by atoms with van der Waals surface area (Å²) in [5.41, 5.74) is 9.29. The van der Waals surface area contributed by atoms with Gasteiger partial charge in [0.15, 0.2) is 0 Å². The second kappa shape index (κ2) is 4.23. The van der Waals surface area contributed by atoms with Crippen molar-refractivity contribution in [1.29, 1.82) is 0 Å². The van der Waals surface area contributed by atoms with Crippen LogP contribution in [0.1, 0.15) is 5.69 Å². The van der Waals surface area contributed by atoms with Crippen LogP contribution < -0.4 is 10.5 Å². The third-order valence-corrected chi connectivity index (χ3v) is 2.51. The van der Waals surface area contributed by atoms with E-state index in [1.54, 1.807) is 7.11 Å². The van der Waals surface area contributed by atoms with Gasteiger partial charge in [-0.1, -0.05) is 0 Å². The lowest BCUT2D eigenvalue weighted by Crippen LogP contribution is -1.94. The molecule has 0 amide bonds. The molecule has 0 spiro atoms. The number of nitrogen functional groups attached to an aromatic ring is 1. The zero-order valence-electron chi connectivity index (χ0n) is 9.40. The van der Waals surface area contributed by atoms with E-state index in [1.165, 1.54) is 0 Å². The Hall–Kier alpha value is -2.03. The molecule has 2 N–H and O–H groups in total. The molecule has 0 saturated heterocycles. The van der Waals surface area contributed by atoms with Crippen molar-refractivity contribution in [1.82, 2.24) is 4.98 Å². The van der Waals surface area contributed by atoms with Gasteiger partial charge in [-0.15, -0.1) is 0 Å². The molecule has 0 aliphatic heterocycles. The van der Waals surface area contributed by atoms with Crippen LogP contribution in [-0.4, -0.2) is 12.1 Å². The van der Waals surface area contributed by atoms with Gasteiger partial charge in [0.2, 0.25) is 0 Å². The number of methoxy groups -OCH3 is 1. The van der Waals surface area contributed by atoms with Crippen molar-refractivity contribution in [2.45, 2.75) is 6.92 Å². The van der Waals surface area contributed by atoms with Crippen LogP contribution in [0.4, 0.5) is 5.69 Å². The molecular weight excluding hydrogens is 200 g/mol. The highest BCUT2D eigenvalue weighted by Gasteiger charge is 2.01. The van der Waals surface area contributed by atoms with E-state index >= 15 is 0 Å². The largest absolute Gasteiger partial charge is 0.497 e. The smallest absolute Gasteiger partial charge is 0.118 e. The van der Waals surface area contributed by atoms with Gasteiger partial charge in [0.1, 0.15) is 5.75 Å². The fourth-order valence-electron chi connectivity index (χ4n) is 1.49. The molecule has 1 heterocycles. The van der Waals surface area contributed by atoms with E-state index in [-0.39, 0.29) is 0 Å². The molecule has 1 aromatic carbocycles. The first-order valence-electron chi connectivity index (χ1n) is 5.08. The number of aryl methyl sites for hydroxylation is 1. The van der Waals surface area contributed by atoms with E-state index in [4.69, 9.17) is 10.5 Å². The van der Waals surface area contributed by atoms with Crippen LogP contribution in [0.15, 0.2) is 36.4 Å². The first-order valence-corrected chi connectivity index (χ1v) is 5.08. The van der Waals surface area contributed by atoms with E-state index in [0.717, 1.165) is 28.4 Å². The summed E-state index contributed by atoms with van der Waals surface area (Å²) in [5.74, 6) is 0.843. The molecule has 0 bridgehead atoms. The van der Waals surface area contributed by atoms with Gasteiger partial charge in [-0.25, -0.2) is 0 Å². The number of anilines is 1. The molecule has 0 radical (unpaired) electrons. The van der Waals surface area contributed by atoms with Crippen molar-refractivity contribution in [3.8, 4) is 17.0 Å². The Morgan fingerprint density at radius 3 is 2.31 bits per heavy atom. The summed E-state index contributed by atoms with van der Waals surface area (Å²) in [5, 5.41) is 0. The Labute approximate surface area is 94.9 Å². The summed E-state index contributed by atoms with van der Waals surface area (Å²) >= 11 is 0. The molecule has 1 aromatic heterocycles. The Bertz CT molecular complexity index is 492. The van der Waals surface area contributed by atoms with Gasteiger partial charge in [0.05, 0.1) is 24.2 Å². The molecule has 2 rings (SSSR count). The molecule has 0 aliphatic rings. The second-order valence-corrected chi connectivity index (χ2v) is 3.60. The van der Waals surface area contributed by atoms with Gasteiger partial charge >= 0.3 is 0 Å². The van der Waals surface area contributed by atoms with Gasteiger partial charge in [-0.3, -0.25) is 4.98 Å². The SMILES string of the molecule is COc1ccc(-c2ccc(N)c(C)n2)cc1. The van der Waals surface area contributed by atoms with Crippen LogP contribution in [-0.2, 0) is 0 Å². The van der Waals surface area contributed by atoms with E-state index in [1.807, 2.05) is 43.3 Å². The van der Waals surface area contributed by atoms with E-state index in [9.17, 15) is 0 Å². The van der Waals surface area contributed by atoms with E-state index < -0.39 is 0 Å². The molecule has 0 saturated carbocycles. The third-order valence-electron chi connectivity index (χ3n) is 2.51. The minimum Gasteiger partial charge on any atom is -0.497 e. The highest BCUT2D eigenvalue weighted by atomic mass is 16.5. The summed E-state index contributed by atoms with van der Waals surface area (Å²) < 4.78 is 5.11. The van der Waals surface area contributed by atoms with Crippen molar-refractivity contribution in [2.75, 3.05) is 12.8 Å². The Balaban J connectivity index is 2.38. The van der Waals surface area contributed by atoms with Crippen LogP contribution in [0, 0.1) is 6.92 Å². The van der Waals surface area contributed by atoms with Crippen LogP contribution >= 0.6 is 0 Å².